The lowest BCUT2D eigenvalue weighted by molar-refractivity contribution is 0.0689. The maximum Gasteiger partial charge on any atom is 0.342 e. The number of carboxylic acids is 1. The van der Waals surface area contributed by atoms with Crippen LogP contribution in [0.3, 0.4) is 0 Å². The van der Waals surface area contributed by atoms with Crippen LogP contribution in [0.1, 0.15) is 22.7 Å². The molecule has 0 aliphatic carbocycles. The van der Waals surface area contributed by atoms with Gasteiger partial charge < -0.3 is 19.5 Å². The van der Waals surface area contributed by atoms with Gasteiger partial charge in [-0.15, -0.1) is 0 Å². The summed E-state index contributed by atoms with van der Waals surface area (Å²) in [5.41, 5.74) is -0.306. The molecule has 0 spiro atoms. The fourth-order valence-corrected chi connectivity index (χ4v) is 5.14. The molecule has 1 aromatic carbocycles. The van der Waals surface area contributed by atoms with Crippen LogP contribution < -0.4 is 10.3 Å². The van der Waals surface area contributed by atoms with E-state index in [1.54, 1.807) is 4.57 Å². The van der Waals surface area contributed by atoms with Crippen LogP contribution in [-0.2, 0) is 0 Å². The first-order valence-electron chi connectivity index (χ1n) is 8.25. The Morgan fingerprint density at radius 2 is 2.00 bits per heavy atom. The highest BCUT2D eigenvalue weighted by Gasteiger charge is 2.35. The van der Waals surface area contributed by atoms with Crippen LogP contribution in [-0.4, -0.2) is 53.8 Å². The van der Waals surface area contributed by atoms with Crippen LogP contribution in [0.4, 0.5) is 10.1 Å². The van der Waals surface area contributed by atoms with Crippen molar-refractivity contribution in [2.45, 2.75) is 17.3 Å². The second-order valence-electron chi connectivity index (χ2n) is 6.61. The lowest BCUT2D eigenvalue weighted by Gasteiger charge is -2.36. The fraction of sp³-hybridized carbons (Fsp3) is 0.412. The first-order valence-corrected chi connectivity index (χ1v) is 9.50. The van der Waals surface area contributed by atoms with Crippen molar-refractivity contribution >= 4 is 45.9 Å². The molecule has 0 radical (unpaired) electrons. The molecule has 26 heavy (non-hydrogen) atoms. The van der Waals surface area contributed by atoms with E-state index in [0.717, 1.165) is 19.2 Å². The molecule has 1 N–H and O–H groups in total. The highest BCUT2D eigenvalue weighted by atomic mass is 35.5. The van der Waals surface area contributed by atoms with Crippen molar-refractivity contribution in [2.24, 2.45) is 0 Å². The molecular weight excluding hydrogens is 381 g/mol. The summed E-state index contributed by atoms with van der Waals surface area (Å²) >= 11 is 7.89. The number of anilines is 1. The first-order chi connectivity index (χ1) is 12.3. The number of carboxylic acid groups (broad SMARTS) is 1. The van der Waals surface area contributed by atoms with Crippen molar-refractivity contribution in [3.63, 3.8) is 0 Å². The maximum atomic E-state index is 14.9. The van der Waals surface area contributed by atoms with E-state index >= 15 is 0 Å². The van der Waals surface area contributed by atoms with Gasteiger partial charge in [0, 0.05) is 26.2 Å². The van der Waals surface area contributed by atoms with Gasteiger partial charge in [-0.25, -0.2) is 9.18 Å². The van der Waals surface area contributed by atoms with Crippen molar-refractivity contribution in [1.29, 1.82) is 0 Å². The molecule has 3 heterocycles. The van der Waals surface area contributed by atoms with Gasteiger partial charge in [0.2, 0.25) is 5.43 Å². The van der Waals surface area contributed by atoms with Gasteiger partial charge in [-0.05, 0) is 20.0 Å². The van der Waals surface area contributed by atoms with Crippen molar-refractivity contribution in [1.82, 2.24) is 9.47 Å². The van der Waals surface area contributed by atoms with E-state index in [4.69, 9.17) is 11.6 Å². The number of carbonyl (C=O) groups is 1. The molecule has 1 atom stereocenters. The van der Waals surface area contributed by atoms with E-state index in [2.05, 4.69) is 4.90 Å². The summed E-state index contributed by atoms with van der Waals surface area (Å²) in [6.07, 6.45) is 0. The molecule has 138 valence electrons. The number of aromatic nitrogens is 1. The van der Waals surface area contributed by atoms with Gasteiger partial charge in [0.1, 0.15) is 11.4 Å². The Kier molecular flexibility index (Phi) is 4.17. The number of halogens is 2. The van der Waals surface area contributed by atoms with Gasteiger partial charge >= 0.3 is 5.97 Å². The first kappa shape index (κ1) is 17.6. The third kappa shape index (κ3) is 2.43. The van der Waals surface area contributed by atoms with Crippen LogP contribution in [0.5, 0.6) is 0 Å². The zero-order valence-corrected chi connectivity index (χ0v) is 15.8. The number of fused-ring (bicyclic) bond motifs is 3. The number of rotatable bonds is 2. The molecule has 1 fully saturated rings. The average molecular weight is 398 g/mol. The second-order valence-corrected chi connectivity index (χ2v) is 8.29. The van der Waals surface area contributed by atoms with Gasteiger partial charge in [0.15, 0.2) is 0 Å². The number of pyridine rings is 1. The molecule has 4 rings (SSSR count). The quantitative estimate of drug-likeness (QED) is 0.840. The van der Waals surface area contributed by atoms with Crippen LogP contribution in [0.15, 0.2) is 15.9 Å². The van der Waals surface area contributed by atoms with Gasteiger partial charge in [-0.1, -0.05) is 23.4 Å². The van der Waals surface area contributed by atoms with Crippen molar-refractivity contribution in [2.75, 3.05) is 38.1 Å². The van der Waals surface area contributed by atoms with Crippen LogP contribution in [0, 0.1) is 5.82 Å². The number of thioether (sulfide) groups is 1. The highest BCUT2D eigenvalue weighted by molar-refractivity contribution is 8.00. The summed E-state index contributed by atoms with van der Waals surface area (Å²) in [5, 5.41) is 9.89. The predicted octanol–water partition coefficient (Wildman–Crippen LogP) is 2.87. The van der Waals surface area contributed by atoms with Gasteiger partial charge in [0.25, 0.3) is 0 Å². The fourth-order valence-electron chi connectivity index (χ4n) is 3.60. The molecule has 2 aliphatic heterocycles. The number of piperazine rings is 1. The van der Waals surface area contributed by atoms with E-state index in [9.17, 15) is 19.1 Å². The highest BCUT2D eigenvalue weighted by Crippen LogP contribution is 2.49. The Labute approximate surface area is 158 Å². The molecule has 6 nitrogen and oxygen atoms in total. The summed E-state index contributed by atoms with van der Waals surface area (Å²) in [4.78, 5) is 28.2. The summed E-state index contributed by atoms with van der Waals surface area (Å²) in [7, 11) is 2.00. The van der Waals surface area contributed by atoms with Gasteiger partial charge in [-0.2, -0.15) is 0 Å². The molecule has 1 unspecified atom stereocenters. The monoisotopic (exact) mass is 397 g/mol. The number of aromatic carboxylic acids is 1. The molecule has 0 bridgehead atoms. The minimum atomic E-state index is -1.31. The minimum absolute atomic E-state index is 0.0127. The van der Waals surface area contributed by atoms with Gasteiger partial charge in [0.05, 0.1) is 32.0 Å². The molecule has 0 amide bonds. The standard InChI is InChI=1S/C17H17ClFN3O3S/c1-8-22-13-9(15(23)11(17(24)25)16(22)26-8)7-10(19)14(12(13)18)21-5-3-20(2)4-6-21/h7-8H,3-6H2,1-2H3,(H,24,25). The smallest absolute Gasteiger partial charge is 0.342 e. The van der Waals surface area contributed by atoms with E-state index in [1.807, 2.05) is 18.9 Å². The molecule has 2 aliphatic rings. The lowest BCUT2D eigenvalue weighted by Crippen LogP contribution is -2.45. The number of likely N-dealkylation sites (N-methyl/N-ethyl adjacent to an activating group) is 1. The largest absolute Gasteiger partial charge is 0.477 e. The summed E-state index contributed by atoms with van der Waals surface area (Å²) in [6, 6.07) is 1.13. The number of benzene rings is 1. The van der Waals surface area contributed by atoms with Crippen molar-refractivity contribution in [3.05, 3.63) is 32.7 Å². The average Bonchev–Trinajstić information content (AvgIpc) is 2.57. The zero-order valence-electron chi connectivity index (χ0n) is 14.3. The Morgan fingerprint density at radius 3 is 2.58 bits per heavy atom. The number of hydrogen-bond acceptors (Lipinski definition) is 5. The van der Waals surface area contributed by atoms with Crippen molar-refractivity contribution < 1.29 is 14.3 Å². The third-order valence-corrected chi connectivity index (χ3v) is 6.53. The van der Waals surface area contributed by atoms with E-state index in [0.29, 0.717) is 23.6 Å². The van der Waals surface area contributed by atoms with E-state index in [1.165, 1.54) is 11.8 Å². The lowest BCUT2D eigenvalue weighted by atomic mass is 10.1. The number of nitrogens with zero attached hydrogens (tertiary/aromatic N) is 3. The van der Waals surface area contributed by atoms with E-state index < -0.39 is 17.2 Å². The van der Waals surface area contributed by atoms with Crippen molar-refractivity contribution in [3.8, 4) is 0 Å². The normalized spacial score (nSPS) is 20.2. The molecule has 9 heteroatoms. The van der Waals surface area contributed by atoms with E-state index in [-0.39, 0.29) is 27.0 Å². The van der Waals surface area contributed by atoms with Crippen LogP contribution in [0.25, 0.3) is 10.9 Å². The molecule has 1 saturated heterocycles. The Balaban J connectivity index is 2.00. The van der Waals surface area contributed by atoms with Crippen LogP contribution in [0.2, 0.25) is 5.02 Å². The summed E-state index contributed by atoms with van der Waals surface area (Å²) < 4.78 is 16.6. The zero-order chi connectivity index (χ0) is 18.7. The SMILES string of the molecule is CC1Sc2c(C(=O)O)c(=O)c3cc(F)c(N4CCN(C)CC4)c(Cl)c3n21. The topological polar surface area (TPSA) is 65.8 Å². The molecule has 0 saturated carbocycles. The van der Waals surface area contributed by atoms with Crippen LogP contribution >= 0.6 is 23.4 Å². The Hall–Kier alpha value is -1.77. The molecule has 2 aromatic rings. The number of hydrogen-bond donors (Lipinski definition) is 1. The molecule has 1 aromatic heterocycles. The maximum absolute atomic E-state index is 14.9. The Morgan fingerprint density at radius 1 is 1.35 bits per heavy atom. The Bertz CT molecular complexity index is 1000. The second kappa shape index (κ2) is 6.14. The summed E-state index contributed by atoms with van der Waals surface area (Å²) in [6.45, 7) is 4.73. The third-order valence-electron chi connectivity index (χ3n) is 4.99. The van der Waals surface area contributed by atoms with Gasteiger partial charge in [-0.3, -0.25) is 4.79 Å². The minimum Gasteiger partial charge on any atom is -0.477 e. The molecular formula is C17H17ClFN3O3S. The summed E-state index contributed by atoms with van der Waals surface area (Å²) in [5.74, 6) is -1.90. The predicted molar refractivity (Wildman–Crippen MR) is 100 cm³/mol.